The number of nitrogens with zero attached hydrogens (tertiary/aromatic N) is 1. The Morgan fingerprint density at radius 1 is 1.56 bits per heavy atom. The maximum absolute atomic E-state index is 10.1. The van der Waals surface area contributed by atoms with Crippen molar-refractivity contribution in [3.8, 4) is 0 Å². The molecule has 0 aliphatic heterocycles. The Bertz CT molecular complexity index is 193. The van der Waals surface area contributed by atoms with Crippen LogP contribution in [0.1, 0.15) is 0 Å². The maximum Gasteiger partial charge on any atom is 0.419 e. The molecular weight excluding hydrogens is 150 g/mol. The molecule has 6 nitrogen and oxygen atoms in total. The second-order valence-electron chi connectivity index (χ2n) is 1.23. The highest BCUT2D eigenvalue weighted by Crippen LogP contribution is 1.87. The summed E-state index contributed by atoms with van der Waals surface area (Å²) in [4.78, 5) is 9.52. The van der Waals surface area contributed by atoms with Gasteiger partial charge in [-0.25, -0.2) is 10.1 Å². The number of rotatable bonds is 3. The van der Waals surface area contributed by atoms with E-state index in [1.54, 1.807) is 0 Å². The molecule has 0 unspecified atom stereocenters. The summed E-state index contributed by atoms with van der Waals surface area (Å²) in [6, 6.07) is 0. The fourth-order valence-corrected chi connectivity index (χ4v) is 0.570. The Kier molecular flexibility index (Phi) is 2.53. The molecule has 0 heterocycles. The molecule has 0 atom stereocenters. The normalized spacial score (nSPS) is 11.2. The highest BCUT2D eigenvalue weighted by atomic mass is 32.2. The van der Waals surface area contributed by atoms with Gasteiger partial charge in [-0.15, -0.1) is 0 Å². The third kappa shape index (κ3) is 2.38. The number of nitro groups is 1. The standard InChI is InChI=1S/C2H5NO5S/c4-1-2-9(7,8)3(5)6/h4H,1-2H2. The molecule has 0 saturated heterocycles. The van der Waals surface area contributed by atoms with Crippen molar-refractivity contribution in [1.82, 2.24) is 0 Å². The second-order valence-corrected chi connectivity index (χ2v) is 3.10. The van der Waals surface area contributed by atoms with Gasteiger partial charge in [0.25, 0.3) is 0 Å². The molecular formula is C2H5NO5S. The average molecular weight is 155 g/mol. The van der Waals surface area contributed by atoms with Gasteiger partial charge in [-0.1, -0.05) is 0 Å². The fourth-order valence-electron chi connectivity index (χ4n) is 0.190. The van der Waals surface area contributed by atoms with Crippen LogP contribution in [0, 0.1) is 10.1 Å². The van der Waals surface area contributed by atoms with Gasteiger partial charge in [0.05, 0.1) is 6.61 Å². The molecule has 54 valence electrons. The van der Waals surface area contributed by atoms with Gasteiger partial charge in [0.15, 0.2) is 4.33 Å². The first-order chi connectivity index (χ1) is 4.00. The van der Waals surface area contributed by atoms with Crippen molar-refractivity contribution < 1.29 is 17.9 Å². The second kappa shape index (κ2) is 2.74. The van der Waals surface area contributed by atoms with Crippen LogP contribution < -0.4 is 0 Å². The largest absolute Gasteiger partial charge is 0.419 e. The minimum Gasteiger partial charge on any atom is -0.395 e. The molecule has 0 saturated carbocycles. The van der Waals surface area contributed by atoms with E-state index < -0.39 is 26.7 Å². The van der Waals surface area contributed by atoms with Gasteiger partial charge in [-0.2, -0.15) is 8.42 Å². The lowest BCUT2D eigenvalue weighted by Crippen LogP contribution is -2.18. The maximum atomic E-state index is 10.1. The molecule has 0 rings (SSSR count). The molecule has 0 spiro atoms. The van der Waals surface area contributed by atoms with Gasteiger partial charge in [0.2, 0.25) is 0 Å². The van der Waals surface area contributed by atoms with Crippen molar-refractivity contribution in [2.45, 2.75) is 0 Å². The van der Waals surface area contributed by atoms with E-state index in [2.05, 4.69) is 0 Å². The molecule has 0 amide bonds. The fraction of sp³-hybridized carbons (Fsp3) is 1.00. The summed E-state index contributed by atoms with van der Waals surface area (Å²) in [5.74, 6) is -0.819. The van der Waals surface area contributed by atoms with Crippen molar-refractivity contribution in [3.05, 3.63) is 10.1 Å². The van der Waals surface area contributed by atoms with Crippen LogP contribution in [0.5, 0.6) is 0 Å². The molecule has 0 aromatic rings. The number of hydrogen-bond acceptors (Lipinski definition) is 5. The molecule has 9 heavy (non-hydrogen) atoms. The third-order valence-corrected chi connectivity index (χ3v) is 1.73. The molecule has 0 fully saturated rings. The van der Waals surface area contributed by atoms with E-state index in [0.29, 0.717) is 0 Å². The van der Waals surface area contributed by atoms with E-state index in [1.165, 1.54) is 0 Å². The Hall–Kier alpha value is -0.690. The Labute approximate surface area is 51.3 Å². The van der Waals surface area contributed by atoms with Crippen LogP contribution in [-0.4, -0.2) is 30.2 Å². The molecule has 0 aromatic heterocycles. The Morgan fingerprint density at radius 2 is 2.00 bits per heavy atom. The highest BCUT2D eigenvalue weighted by Gasteiger charge is 2.21. The van der Waals surface area contributed by atoms with Gasteiger partial charge < -0.3 is 5.11 Å². The summed E-state index contributed by atoms with van der Waals surface area (Å²) in [5, 5.41) is 17.5. The number of hydrogen-bond donors (Lipinski definition) is 1. The first kappa shape index (κ1) is 8.31. The van der Waals surface area contributed by atoms with Crippen molar-refractivity contribution in [2.24, 2.45) is 0 Å². The molecule has 0 aliphatic carbocycles. The zero-order chi connectivity index (χ0) is 7.49. The predicted octanol–water partition coefficient (Wildman–Crippen LogP) is -1.41. The summed E-state index contributed by atoms with van der Waals surface area (Å²) in [5.41, 5.74) is 0. The molecule has 0 aliphatic rings. The summed E-state index contributed by atoms with van der Waals surface area (Å²) in [6.07, 6.45) is 0. The van der Waals surface area contributed by atoms with Crippen LogP contribution in [0.4, 0.5) is 0 Å². The molecule has 7 heteroatoms. The van der Waals surface area contributed by atoms with E-state index in [1.807, 2.05) is 0 Å². The van der Waals surface area contributed by atoms with Crippen LogP contribution in [0.15, 0.2) is 0 Å². The van der Waals surface area contributed by atoms with Gasteiger partial charge in [-0.3, -0.25) is 0 Å². The van der Waals surface area contributed by atoms with Gasteiger partial charge in [-0.05, 0) is 0 Å². The summed E-state index contributed by atoms with van der Waals surface area (Å²) < 4.78 is 18.7. The van der Waals surface area contributed by atoms with E-state index in [4.69, 9.17) is 5.11 Å². The summed E-state index contributed by atoms with van der Waals surface area (Å²) >= 11 is 0. The van der Waals surface area contributed by atoms with E-state index in [9.17, 15) is 18.5 Å². The average Bonchev–Trinajstić information content (AvgIpc) is 1.65. The van der Waals surface area contributed by atoms with Crippen LogP contribution in [0.25, 0.3) is 0 Å². The van der Waals surface area contributed by atoms with Crippen molar-refractivity contribution in [2.75, 3.05) is 12.4 Å². The lowest BCUT2D eigenvalue weighted by atomic mass is 10.9. The first-order valence-electron chi connectivity index (χ1n) is 1.99. The molecule has 0 radical (unpaired) electrons. The first-order valence-corrected chi connectivity index (χ1v) is 3.60. The monoisotopic (exact) mass is 155 g/mol. The van der Waals surface area contributed by atoms with E-state index in [-0.39, 0.29) is 0 Å². The zero-order valence-electron chi connectivity index (χ0n) is 4.35. The lowest BCUT2D eigenvalue weighted by molar-refractivity contribution is -0.305. The number of aliphatic hydroxyl groups is 1. The van der Waals surface area contributed by atoms with Gasteiger partial charge in [0, 0.05) is 0 Å². The summed E-state index contributed by atoms with van der Waals surface area (Å²) in [6.45, 7) is -0.719. The van der Waals surface area contributed by atoms with Crippen molar-refractivity contribution >= 4 is 10.0 Å². The Balaban J connectivity index is 4.23. The van der Waals surface area contributed by atoms with E-state index >= 15 is 0 Å². The number of aliphatic hydroxyl groups excluding tert-OH is 1. The minimum atomic E-state index is -4.28. The highest BCUT2D eigenvalue weighted by molar-refractivity contribution is 7.85. The Morgan fingerprint density at radius 3 is 2.11 bits per heavy atom. The lowest BCUT2D eigenvalue weighted by Gasteiger charge is -1.88. The zero-order valence-corrected chi connectivity index (χ0v) is 5.17. The minimum absolute atomic E-state index is 0.719. The van der Waals surface area contributed by atoms with Crippen LogP contribution in [0.2, 0.25) is 0 Å². The van der Waals surface area contributed by atoms with Gasteiger partial charge >= 0.3 is 10.0 Å². The van der Waals surface area contributed by atoms with Crippen LogP contribution in [0.3, 0.4) is 0 Å². The number of sulfonamides is 1. The molecule has 0 aromatic carbocycles. The van der Waals surface area contributed by atoms with E-state index in [0.717, 1.165) is 0 Å². The van der Waals surface area contributed by atoms with Crippen molar-refractivity contribution in [3.63, 3.8) is 0 Å². The molecule has 0 bridgehead atoms. The third-order valence-electron chi connectivity index (χ3n) is 0.576. The summed E-state index contributed by atoms with van der Waals surface area (Å²) in [7, 11) is -4.28. The predicted molar refractivity (Wildman–Crippen MR) is 27.9 cm³/mol. The van der Waals surface area contributed by atoms with Crippen LogP contribution >= 0.6 is 0 Å². The van der Waals surface area contributed by atoms with Crippen LogP contribution in [-0.2, 0) is 10.0 Å². The smallest absolute Gasteiger partial charge is 0.395 e. The van der Waals surface area contributed by atoms with Gasteiger partial charge in [0.1, 0.15) is 5.75 Å². The van der Waals surface area contributed by atoms with Crippen molar-refractivity contribution in [1.29, 1.82) is 0 Å². The quantitative estimate of drug-likeness (QED) is 0.398. The molecule has 1 N–H and O–H groups in total. The topological polar surface area (TPSA) is 97.5 Å². The SMILES string of the molecule is O=[N+]([O-])S(=O)(=O)CCO.